The molecule has 3 unspecified atom stereocenters. The topological polar surface area (TPSA) is 63.3 Å². The zero-order valence-electron chi connectivity index (χ0n) is 12.5. The molecule has 0 aliphatic rings. The van der Waals surface area contributed by atoms with Gasteiger partial charge in [0, 0.05) is 0 Å². The van der Waals surface area contributed by atoms with E-state index >= 15 is 0 Å². The Hall–Kier alpha value is -1.35. The summed E-state index contributed by atoms with van der Waals surface area (Å²) in [5.74, 6) is -0.369. The first-order chi connectivity index (χ1) is 8.73. The van der Waals surface area contributed by atoms with E-state index in [1.165, 1.54) is 22.3 Å². The third-order valence-corrected chi connectivity index (χ3v) is 4.14. The Morgan fingerprint density at radius 1 is 1.26 bits per heavy atom. The van der Waals surface area contributed by atoms with Crippen LogP contribution < -0.4 is 5.73 Å². The van der Waals surface area contributed by atoms with Crippen LogP contribution in [0.1, 0.15) is 48.4 Å². The molecule has 3 N–H and O–H groups in total. The van der Waals surface area contributed by atoms with E-state index in [1.807, 2.05) is 0 Å². The van der Waals surface area contributed by atoms with Crippen LogP contribution in [0.15, 0.2) is 12.1 Å². The maximum absolute atomic E-state index is 10.8. The summed E-state index contributed by atoms with van der Waals surface area (Å²) < 4.78 is 0. The molecule has 1 rings (SSSR count). The first-order valence-electron chi connectivity index (χ1n) is 6.80. The highest BCUT2D eigenvalue weighted by atomic mass is 16.4. The lowest BCUT2D eigenvalue weighted by Crippen LogP contribution is -2.32. The smallest absolute Gasteiger partial charge is 0.320 e. The number of nitrogens with two attached hydrogens (primary N) is 1. The molecule has 0 bridgehead atoms. The second-order valence-corrected chi connectivity index (χ2v) is 5.74. The van der Waals surface area contributed by atoms with Crippen LogP contribution in [0.4, 0.5) is 0 Å². The van der Waals surface area contributed by atoms with Crippen molar-refractivity contribution >= 4 is 5.97 Å². The van der Waals surface area contributed by atoms with Gasteiger partial charge >= 0.3 is 5.97 Å². The molecule has 0 fully saturated rings. The Balaban J connectivity index is 2.94. The van der Waals surface area contributed by atoms with E-state index in [-0.39, 0.29) is 5.92 Å². The van der Waals surface area contributed by atoms with Crippen molar-refractivity contribution in [2.45, 2.75) is 53.0 Å². The van der Waals surface area contributed by atoms with Crippen LogP contribution >= 0.6 is 0 Å². The number of carbonyl (C=O) groups is 1. The predicted octanol–water partition coefficient (Wildman–Crippen LogP) is 3.15. The molecule has 0 aliphatic heterocycles. The first-order valence-corrected chi connectivity index (χ1v) is 6.80. The molecule has 0 saturated heterocycles. The third kappa shape index (κ3) is 3.80. The summed E-state index contributed by atoms with van der Waals surface area (Å²) in [5, 5.41) is 8.90. The van der Waals surface area contributed by atoms with E-state index in [0.29, 0.717) is 12.3 Å². The lowest BCUT2D eigenvalue weighted by Gasteiger charge is -2.24. The number of carboxylic acids is 1. The van der Waals surface area contributed by atoms with E-state index < -0.39 is 12.0 Å². The Morgan fingerprint density at radius 2 is 1.84 bits per heavy atom. The van der Waals surface area contributed by atoms with E-state index in [9.17, 15) is 4.79 Å². The van der Waals surface area contributed by atoms with Gasteiger partial charge in [0.1, 0.15) is 6.04 Å². The minimum atomic E-state index is -0.920. The number of rotatable bonds is 5. The van der Waals surface area contributed by atoms with Crippen molar-refractivity contribution in [2.24, 2.45) is 11.7 Å². The highest BCUT2D eigenvalue weighted by Crippen LogP contribution is 2.31. The molecule has 1 aromatic rings. The van der Waals surface area contributed by atoms with E-state index in [1.54, 1.807) is 0 Å². The quantitative estimate of drug-likeness (QED) is 0.857. The third-order valence-electron chi connectivity index (χ3n) is 4.14. The highest BCUT2D eigenvalue weighted by molar-refractivity contribution is 5.73. The van der Waals surface area contributed by atoms with Crippen LogP contribution in [0, 0.1) is 26.7 Å². The molecule has 0 radical (unpaired) electrons. The van der Waals surface area contributed by atoms with E-state index in [4.69, 9.17) is 10.8 Å². The number of carboxylic acid groups (broad SMARTS) is 1. The van der Waals surface area contributed by atoms with Gasteiger partial charge in [-0.2, -0.15) is 0 Å². The fraction of sp³-hybridized carbons (Fsp3) is 0.562. The summed E-state index contributed by atoms with van der Waals surface area (Å²) in [6, 6.07) is 3.61. The number of benzene rings is 1. The summed E-state index contributed by atoms with van der Waals surface area (Å²) in [4.78, 5) is 10.8. The van der Waals surface area contributed by atoms with Crippen LogP contribution in [-0.4, -0.2) is 17.1 Å². The van der Waals surface area contributed by atoms with Crippen molar-refractivity contribution in [1.82, 2.24) is 0 Å². The molecule has 1 aromatic carbocycles. The monoisotopic (exact) mass is 263 g/mol. The van der Waals surface area contributed by atoms with Crippen molar-refractivity contribution in [1.29, 1.82) is 0 Å². The van der Waals surface area contributed by atoms with Crippen LogP contribution in [0.25, 0.3) is 0 Å². The standard InChI is InChI=1S/C16H25NO2/c1-9-6-10(2)12(4)14(7-9)13(5)11(3)8-15(17)16(18)19/h6-7,11,13,15H,8,17H2,1-5H3,(H,18,19). The SMILES string of the molecule is Cc1cc(C)c(C)c(C(C)C(C)CC(N)C(=O)O)c1. The average molecular weight is 263 g/mol. The van der Waals surface area contributed by atoms with Gasteiger partial charge in [-0.25, -0.2) is 0 Å². The fourth-order valence-corrected chi connectivity index (χ4v) is 2.56. The zero-order valence-corrected chi connectivity index (χ0v) is 12.5. The summed E-state index contributed by atoms with van der Waals surface area (Å²) in [5.41, 5.74) is 10.8. The predicted molar refractivity (Wildman–Crippen MR) is 78.5 cm³/mol. The number of hydrogen-bond acceptors (Lipinski definition) is 2. The van der Waals surface area contributed by atoms with Crippen molar-refractivity contribution in [2.75, 3.05) is 0 Å². The van der Waals surface area contributed by atoms with Gasteiger partial charge < -0.3 is 10.8 Å². The van der Waals surface area contributed by atoms with E-state index in [2.05, 4.69) is 46.8 Å². The van der Waals surface area contributed by atoms with Gasteiger partial charge in [-0.05, 0) is 55.7 Å². The largest absolute Gasteiger partial charge is 0.480 e. The number of aryl methyl sites for hydroxylation is 2. The molecular formula is C16H25NO2. The Bertz CT molecular complexity index is 468. The summed E-state index contributed by atoms with van der Waals surface area (Å²) in [6.07, 6.45) is 0.503. The summed E-state index contributed by atoms with van der Waals surface area (Å²) in [6.45, 7) is 10.6. The van der Waals surface area contributed by atoms with Gasteiger partial charge in [0.15, 0.2) is 0 Å². The highest BCUT2D eigenvalue weighted by Gasteiger charge is 2.22. The molecule has 0 heterocycles. The van der Waals surface area contributed by atoms with Crippen LogP contribution in [0.3, 0.4) is 0 Å². The molecule has 0 spiro atoms. The Labute approximate surface area is 115 Å². The molecule has 19 heavy (non-hydrogen) atoms. The summed E-state index contributed by atoms with van der Waals surface area (Å²) >= 11 is 0. The molecule has 3 heteroatoms. The molecule has 0 saturated carbocycles. The minimum absolute atomic E-state index is 0.242. The van der Waals surface area contributed by atoms with Gasteiger partial charge in [0.2, 0.25) is 0 Å². The lowest BCUT2D eigenvalue weighted by molar-refractivity contribution is -0.138. The van der Waals surface area contributed by atoms with Gasteiger partial charge in [-0.1, -0.05) is 31.5 Å². The van der Waals surface area contributed by atoms with Crippen molar-refractivity contribution in [3.63, 3.8) is 0 Å². The molecule has 0 aliphatic carbocycles. The zero-order chi connectivity index (χ0) is 14.7. The summed E-state index contributed by atoms with van der Waals surface area (Å²) in [7, 11) is 0. The fourth-order valence-electron chi connectivity index (χ4n) is 2.56. The second-order valence-electron chi connectivity index (χ2n) is 5.74. The lowest BCUT2D eigenvalue weighted by atomic mass is 9.81. The van der Waals surface area contributed by atoms with Crippen molar-refractivity contribution < 1.29 is 9.90 Å². The minimum Gasteiger partial charge on any atom is -0.480 e. The van der Waals surface area contributed by atoms with Crippen molar-refractivity contribution in [3.8, 4) is 0 Å². The van der Waals surface area contributed by atoms with E-state index in [0.717, 1.165) is 0 Å². The molecule has 0 amide bonds. The van der Waals surface area contributed by atoms with Crippen LogP contribution in [0.2, 0.25) is 0 Å². The van der Waals surface area contributed by atoms with Gasteiger partial charge in [0.25, 0.3) is 0 Å². The maximum atomic E-state index is 10.8. The molecule has 0 aromatic heterocycles. The number of aliphatic carboxylic acids is 1. The van der Waals surface area contributed by atoms with Crippen molar-refractivity contribution in [3.05, 3.63) is 34.4 Å². The molecule has 3 atom stereocenters. The molecular weight excluding hydrogens is 238 g/mol. The molecule has 3 nitrogen and oxygen atoms in total. The Morgan fingerprint density at radius 3 is 2.37 bits per heavy atom. The maximum Gasteiger partial charge on any atom is 0.320 e. The first kappa shape index (κ1) is 15.7. The average Bonchev–Trinajstić information content (AvgIpc) is 2.32. The van der Waals surface area contributed by atoms with Crippen LogP contribution in [-0.2, 0) is 4.79 Å². The van der Waals surface area contributed by atoms with Gasteiger partial charge in [0.05, 0.1) is 0 Å². The Kier molecular flexibility index (Phi) is 5.12. The normalized spacial score (nSPS) is 15.9. The van der Waals surface area contributed by atoms with Gasteiger partial charge in [-0.3, -0.25) is 4.79 Å². The van der Waals surface area contributed by atoms with Crippen LogP contribution in [0.5, 0.6) is 0 Å². The van der Waals surface area contributed by atoms with Gasteiger partial charge in [-0.15, -0.1) is 0 Å². The molecule has 106 valence electrons. The number of hydrogen-bond donors (Lipinski definition) is 2. The second kappa shape index (κ2) is 6.20.